The summed E-state index contributed by atoms with van der Waals surface area (Å²) in [6, 6.07) is 4.02. The van der Waals surface area contributed by atoms with Crippen molar-refractivity contribution in [2.24, 2.45) is 0 Å². The van der Waals surface area contributed by atoms with Crippen molar-refractivity contribution >= 4 is 9.84 Å². The molecular formula is C20H26N4O3S. The molecule has 8 heteroatoms. The van der Waals surface area contributed by atoms with Crippen LogP contribution in [0.15, 0.2) is 29.7 Å². The third kappa shape index (κ3) is 4.50. The summed E-state index contributed by atoms with van der Waals surface area (Å²) in [4.78, 5) is 15.1. The lowest BCUT2D eigenvalue weighted by Gasteiger charge is -2.29. The zero-order valence-corrected chi connectivity index (χ0v) is 17.0. The number of ether oxygens (including phenoxy) is 1. The van der Waals surface area contributed by atoms with Gasteiger partial charge in [-0.3, -0.25) is 4.90 Å². The lowest BCUT2D eigenvalue weighted by atomic mass is 9.98. The number of nitrogens with zero attached hydrogens (tertiary/aromatic N) is 4. The molecular weight excluding hydrogens is 376 g/mol. The molecule has 1 saturated carbocycles. The van der Waals surface area contributed by atoms with Gasteiger partial charge >= 0.3 is 0 Å². The van der Waals surface area contributed by atoms with E-state index < -0.39 is 9.84 Å². The summed E-state index contributed by atoms with van der Waals surface area (Å²) in [6.45, 7) is 2.24. The molecule has 0 N–H and O–H groups in total. The van der Waals surface area contributed by atoms with Crippen LogP contribution >= 0.6 is 0 Å². The lowest BCUT2D eigenvalue weighted by Crippen LogP contribution is -2.31. The predicted octanol–water partition coefficient (Wildman–Crippen LogP) is 2.54. The number of fused-ring (bicyclic) bond motifs is 1. The van der Waals surface area contributed by atoms with Gasteiger partial charge in [0.25, 0.3) is 0 Å². The third-order valence-corrected chi connectivity index (χ3v) is 6.26. The SMILES string of the molecule is CS(=O)(=O)c1ncc2c(n1)CCN(Cc1cccnc1OC1CCCCC1)C2. The fourth-order valence-corrected chi connectivity index (χ4v) is 4.42. The quantitative estimate of drug-likeness (QED) is 0.711. The van der Waals surface area contributed by atoms with Crippen molar-refractivity contribution in [3.63, 3.8) is 0 Å². The minimum absolute atomic E-state index is 0.0878. The Labute approximate surface area is 166 Å². The number of hydrogen-bond acceptors (Lipinski definition) is 7. The second-order valence-electron chi connectivity index (χ2n) is 7.70. The van der Waals surface area contributed by atoms with Crippen LogP contribution in [0.5, 0.6) is 5.88 Å². The molecule has 2 aromatic rings. The van der Waals surface area contributed by atoms with Crippen LogP contribution in [-0.4, -0.2) is 47.2 Å². The van der Waals surface area contributed by atoms with Crippen molar-refractivity contribution in [1.29, 1.82) is 0 Å². The third-order valence-electron chi connectivity index (χ3n) is 5.40. The van der Waals surface area contributed by atoms with E-state index >= 15 is 0 Å². The minimum atomic E-state index is -3.38. The first-order chi connectivity index (χ1) is 13.5. The van der Waals surface area contributed by atoms with Crippen LogP contribution in [0.25, 0.3) is 0 Å². The lowest BCUT2D eigenvalue weighted by molar-refractivity contribution is 0.143. The van der Waals surface area contributed by atoms with E-state index in [1.165, 1.54) is 19.3 Å². The van der Waals surface area contributed by atoms with Gasteiger partial charge in [0.1, 0.15) is 6.10 Å². The van der Waals surface area contributed by atoms with E-state index in [0.29, 0.717) is 13.0 Å². The number of rotatable bonds is 5. The van der Waals surface area contributed by atoms with Gasteiger partial charge in [-0.15, -0.1) is 0 Å². The highest BCUT2D eigenvalue weighted by atomic mass is 32.2. The van der Waals surface area contributed by atoms with Crippen molar-refractivity contribution < 1.29 is 13.2 Å². The summed E-state index contributed by atoms with van der Waals surface area (Å²) in [5, 5.41) is -0.0878. The largest absolute Gasteiger partial charge is 0.474 e. The summed E-state index contributed by atoms with van der Waals surface area (Å²) in [6.07, 6.45) is 11.5. The molecule has 4 rings (SSSR count). The Hall–Kier alpha value is -2.06. The van der Waals surface area contributed by atoms with Crippen molar-refractivity contribution in [3.8, 4) is 5.88 Å². The van der Waals surface area contributed by atoms with Gasteiger partial charge in [0, 0.05) is 55.8 Å². The highest BCUT2D eigenvalue weighted by molar-refractivity contribution is 7.90. The highest BCUT2D eigenvalue weighted by Gasteiger charge is 2.23. The first kappa shape index (κ1) is 19.3. The van der Waals surface area contributed by atoms with Crippen LogP contribution in [0.3, 0.4) is 0 Å². The van der Waals surface area contributed by atoms with Crippen LogP contribution < -0.4 is 4.74 Å². The van der Waals surface area contributed by atoms with Crippen molar-refractivity contribution in [1.82, 2.24) is 19.9 Å². The van der Waals surface area contributed by atoms with Crippen LogP contribution in [0.1, 0.15) is 48.9 Å². The molecule has 0 unspecified atom stereocenters. The first-order valence-corrected chi connectivity index (χ1v) is 11.8. The van der Waals surface area contributed by atoms with Crippen molar-refractivity contribution in [3.05, 3.63) is 41.3 Å². The van der Waals surface area contributed by atoms with Gasteiger partial charge < -0.3 is 4.74 Å². The van der Waals surface area contributed by atoms with Gasteiger partial charge in [0.15, 0.2) is 0 Å². The first-order valence-electron chi connectivity index (χ1n) is 9.87. The molecule has 1 fully saturated rings. The van der Waals surface area contributed by atoms with Gasteiger partial charge in [-0.05, 0) is 31.7 Å². The fraction of sp³-hybridized carbons (Fsp3) is 0.550. The molecule has 2 aliphatic rings. The topological polar surface area (TPSA) is 85.3 Å². The van der Waals surface area contributed by atoms with E-state index in [9.17, 15) is 8.42 Å². The van der Waals surface area contributed by atoms with Gasteiger partial charge in [-0.2, -0.15) is 0 Å². The monoisotopic (exact) mass is 402 g/mol. The van der Waals surface area contributed by atoms with Crippen LogP contribution in [0, 0.1) is 0 Å². The summed E-state index contributed by atoms with van der Waals surface area (Å²) < 4.78 is 29.6. The number of hydrogen-bond donors (Lipinski definition) is 0. The Kier molecular flexibility index (Phi) is 5.59. The molecule has 1 aliphatic carbocycles. The summed E-state index contributed by atoms with van der Waals surface area (Å²) in [7, 11) is -3.38. The van der Waals surface area contributed by atoms with E-state index in [2.05, 4.69) is 25.9 Å². The van der Waals surface area contributed by atoms with Gasteiger partial charge in [0.05, 0.1) is 5.69 Å². The standard InChI is InChI=1S/C20H26N4O3S/c1-28(25,26)20-22-12-16-14-24(11-9-18(16)23-20)13-15-6-5-10-21-19(15)27-17-7-3-2-4-8-17/h5-6,10,12,17H,2-4,7-9,11,13-14H2,1H3. The van der Waals surface area contributed by atoms with Crippen LogP contribution in [0.4, 0.5) is 0 Å². The Morgan fingerprint density at radius 2 is 2.04 bits per heavy atom. The summed E-state index contributed by atoms with van der Waals surface area (Å²) >= 11 is 0. The Morgan fingerprint density at radius 1 is 1.21 bits per heavy atom. The zero-order chi connectivity index (χ0) is 19.6. The molecule has 0 spiro atoms. The van der Waals surface area contributed by atoms with Gasteiger partial charge in [-0.1, -0.05) is 12.5 Å². The summed E-state index contributed by atoms with van der Waals surface area (Å²) in [5.74, 6) is 0.740. The maximum Gasteiger partial charge on any atom is 0.246 e. The normalized spacial score (nSPS) is 18.6. The molecule has 0 bridgehead atoms. The number of pyridine rings is 1. The molecule has 28 heavy (non-hydrogen) atoms. The Morgan fingerprint density at radius 3 is 2.82 bits per heavy atom. The van der Waals surface area contributed by atoms with E-state index in [1.54, 1.807) is 12.4 Å². The van der Waals surface area contributed by atoms with Crippen molar-refractivity contribution in [2.75, 3.05) is 12.8 Å². The van der Waals surface area contributed by atoms with Crippen LogP contribution in [0.2, 0.25) is 0 Å². The van der Waals surface area contributed by atoms with Crippen LogP contribution in [-0.2, 0) is 29.3 Å². The van der Waals surface area contributed by atoms with Gasteiger partial charge in [0.2, 0.25) is 20.9 Å². The smallest absolute Gasteiger partial charge is 0.246 e. The molecule has 7 nitrogen and oxygen atoms in total. The van der Waals surface area contributed by atoms with E-state index in [-0.39, 0.29) is 11.3 Å². The molecule has 0 atom stereocenters. The average molecular weight is 403 g/mol. The zero-order valence-electron chi connectivity index (χ0n) is 16.2. The van der Waals surface area contributed by atoms with E-state index in [1.807, 2.05) is 6.07 Å². The fourth-order valence-electron chi connectivity index (χ4n) is 3.90. The predicted molar refractivity (Wildman–Crippen MR) is 105 cm³/mol. The number of aromatic nitrogens is 3. The van der Waals surface area contributed by atoms with E-state index in [4.69, 9.17) is 4.74 Å². The molecule has 0 radical (unpaired) electrons. The molecule has 1 aliphatic heterocycles. The molecule has 0 amide bonds. The Bertz CT molecular complexity index is 942. The summed E-state index contributed by atoms with van der Waals surface area (Å²) in [5.41, 5.74) is 2.90. The van der Waals surface area contributed by atoms with Gasteiger partial charge in [-0.25, -0.2) is 23.4 Å². The second-order valence-corrected chi connectivity index (χ2v) is 9.61. The maximum absolute atomic E-state index is 11.7. The second kappa shape index (κ2) is 8.13. The maximum atomic E-state index is 11.7. The molecule has 0 aromatic carbocycles. The molecule has 0 saturated heterocycles. The number of sulfone groups is 1. The average Bonchev–Trinajstić information content (AvgIpc) is 2.69. The molecule has 150 valence electrons. The molecule has 3 heterocycles. The van der Waals surface area contributed by atoms with E-state index in [0.717, 1.165) is 54.9 Å². The van der Waals surface area contributed by atoms with Crippen molar-refractivity contribution in [2.45, 2.75) is 62.9 Å². The molecule has 2 aromatic heterocycles. The minimum Gasteiger partial charge on any atom is -0.474 e. The highest BCUT2D eigenvalue weighted by Crippen LogP contribution is 2.26. The Balaban J connectivity index is 1.46.